The monoisotopic (exact) mass is 416 g/mol. The van der Waals surface area contributed by atoms with Gasteiger partial charge in [0.1, 0.15) is 0 Å². The lowest BCUT2D eigenvalue weighted by Crippen LogP contribution is -2.17. The van der Waals surface area contributed by atoms with Crippen LogP contribution in [0.25, 0.3) is 12.2 Å². The van der Waals surface area contributed by atoms with Gasteiger partial charge >= 0.3 is 0 Å². The predicted octanol–water partition coefficient (Wildman–Crippen LogP) is 4.57. The molecule has 0 aliphatic carbocycles. The molecular formula is C25H28N4O2. The first-order valence-corrected chi connectivity index (χ1v) is 10.3. The van der Waals surface area contributed by atoms with Crippen LogP contribution in [0.2, 0.25) is 0 Å². The van der Waals surface area contributed by atoms with Crippen LogP contribution in [0.4, 0.5) is 0 Å². The predicted molar refractivity (Wildman–Crippen MR) is 127 cm³/mol. The fourth-order valence-electron chi connectivity index (χ4n) is 2.60. The van der Waals surface area contributed by atoms with Crippen LogP contribution >= 0.6 is 0 Å². The molecule has 0 spiro atoms. The summed E-state index contributed by atoms with van der Waals surface area (Å²) in [6, 6.07) is 19.7. The SMILES string of the molecule is O=C(CCCCCC(=O)N/N=C\C=C\c1ccccc1)N/N=C\C=C\c1ccccc1. The van der Waals surface area contributed by atoms with Gasteiger partial charge in [-0.1, -0.05) is 79.2 Å². The fraction of sp³-hybridized carbons (Fsp3) is 0.200. The van der Waals surface area contributed by atoms with Crippen molar-refractivity contribution < 1.29 is 9.59 Å². The van der Waals surface area contributed by atoms with Crippen LogP contribution in [0.15, 0.2) is 83.0 Å². The standard InChI is InChI=1S/C25H28N4O2/c30-24(28-26-20-10-16-22-12-4-1-5-13-22)18-8-3-9-19-25(31)29-27-21-11-17-23-14-6-2-7-15-23/h1-2,4-7,10-17,20-21H,3,8-9,18-19H2,(H,28,30)(H,29,31)/b16-10+,17-11+,26-20-,27-21-. The summed E-state index contributed by atoms with van der Waals surface area (Å²) in [5, 5.41) is 7.77. The van der Waals surface area contributed by atoms with E-state index in [0.717, 1.165) is 17.5 Å². The van der Waals surface area contributed by atoms with Gasteiger partial charge in [0.05, 0.1) is 0 Å². The lowest BCUT2D eigenvalue weighted by atomic mass is 10.1. The lowest BCUT2D eigenvalue weighted by Gasteiger charge is -2.01. The zero-order valence-corrected chi connectivity index (χ0v) is 17.5. The average molecular weight is 417 g/mol. The van der Waals surface area contributed by atoms with E-state index in [2.05, 4.69) is 21.1 Å². The second-order valence-corrected chi connectivity index (χ2v) is 6.73. The van der Waals surface area contributed by atoms with Crippen molar-refractivity contribution in [2.75, 3.05) is 0 Å². The van der Waals surface area contributed by atoms with Crippen molar-refractivity contribution in [3.05, 3.63) is 83.9 Å². The molecule has 6 nitrogen and oxygen atoms in total. The smallest absolute Gasteiger partial charge is 0.240 e. The molecule has 0 unspecified atom stereocenters. The third kappa shape index (κ3) is 11.7. The maximum absolute atomic E-state index is 11.7. The number of rotatable bonds is 12. The van der Waals surface area contributed by atoms with Gasteiger partial charge in [0.15, 0.2) is 0 Å². The number of carbonyl (C=O) groups excluding carboxylic acids is 2. The van der Waals surface area contributed by atoms with Crippen molar-refractivity contribution in [2.24, 2.45) is 10.2 Å². The third-order valence-electron chi connectivity index (χ3n) is 4.18. The van der Waals surface area contributed by atoms with Gasteiger partial charge in [-0.2, -0.15) is 10.2 Å². The normalized spacial score (nSPS) is 11.6. The van der Waals surface area contributed by atoms with Crippen molar-refractivity contribution in [3.63, 3.8) is 0 Å². The quantitative estimate of drug-likeness (QED) is 0.302. The van der Waals surface area contributed by atoms with Crippen molar-refractivity contribution in [2.45, 2.75) is 32.1 Å². The Morgan fingerprint density at radius 3 is 1.48 bits per heavy atom. The van der Waals surface area contributed by atoms with Crippen LogP contribution in [0.3, 0.4) is 0 Å². The summed E-state index contributed by atoms with van der Waals surface area (Å²) in [6.07, 6.45) is 13.4. The minimum Gasteiger partial charge on any atom is -0.273 e. The summed E-state index contributed by atoms with van der Waals surface area (Å²) < 4.78 is 0. The highest BCUT2D eigenvalue weighted by molar-refractivity contribution is 5.82. The minimum atomic E-state index is -0.136. The zero-order valence-electron chi connectivity index (χ0n) is 17.5. The molecule has 0 heterocycles. The van der Waals surface area contributed by atoms with Gasteiger partial charge in [-0.05, 0) is 36.1 Å². The molecule has 0 saturated heterocycles. The number of carbonyl (C=O) groups is 2. The Kier molecular flexibility index (Phi) is 11.4. The van der Waals surface area contributed by atoms with Gasteiger partial charge in [0.25, 0.3) is 0 Å². The maximum atomic E-state index is 11.7. The fourth-order valence-corrected chi connectivity index (χ4v) is 2.60. The van der Waals surface area contributed by atoms with Gasteiger partial charge in [0.2, 0.25) is 11.8 Å². The topological polar surface area (TPSA) is 82.9 Å². The molecule has 0 radical (unpaired) electrons. The van der Waals surface area contributed by atoms with E-state index in [0.29, 0.717) is 25.7 Å². The van der Waals surface area contributed by atoms with Crippen LogP contribution in [0.5, 0.6) is 0 Å². The molecule has 0 atom stereocenters. The Hall–Kier alpha value is -3.80. The molecule has 6 heteroatoms. The highest BCUT2D eigenvalue weighted by atomic mass is 16.2. The second-order valence-electron chi connectivity index (χ2n) is 6.73. The van der Waals surface area contributed by atoms with E-state index in [4.69, 9.17) is 0 Å². The van der Waals surface area contributed by atoms with Crippen molar-refractivity contribution in [1.29, 1.82) is 0 Å². The first-order chi connectivity index (χ1) is 15.2. The van der Waals surface area contributed by atoms with E-state index < -0.39 is 0 Å². The number of hydrogen-bond donors (Lipinski definition) is 2. The molecule has 2 amide bonds. The van der Waals surface area contributed by atoms with Gasteiger partial charge < -0.3 is 0 Å². The second kappa shape index (κ2) is 15.1. The summed E-state index contributed by atoms with van der Waals surface area (Å²) in [5.41, 5.74) is 7.13. The molecule has 0 bridgehead atoms. The van der Waals surface area contributed by atoms with Gasteiger partial charge in [-0.15, -0.1) is 0 Å². The molecule has 0 saturated carbocycles. The number of nitrogens with one attached hydrogen (secondary N) is 2. The van der Waals surface area contributed by atoms with Crippen molar-refractivity contribution >= 4 is 36.4 Å². The molecule has 0 aromatic heterocycles. The maximum Gasteiger partial charge on any atom is 0.240 e. The minimum absolute atomic E-state index is 0.136. The Balaban J connectivity index is 1.48. The largest absolute Gasteiger partial charge is 0.273 e. The first-order valence-electron chi connectivity index (χ1n) is 10.3. The van der Waals surface area contributed by atoms with E-state index in [1.54, 1.807) is 24.6 Å². The number of allylic oxidation sites excluding steroid dienone is 2. The van der Waals surface area contributed by atoms with Crippen molar-refractivity contribution in [1.82, 2.24) is 10.9 Å². The highest BCUT2D eigenvalue weighted by Gasteiger charge is 2.02. The molecule has 0 aliphatic rings. The average Bonchev–Trinajstić information content (AvgIpc) is 2.80. The number of unbranched alkanes of at least 4 members (excludes halogenated alkanes) is 2. The van der Waals surface area contributed by atoms with Crippen molar-refractivity contribution in [3.8, 4) is 0 Å². The number of hydrogen-bond acceptors (Lipinski definition) is 4. The molecule has 2 N–H and O–H groups in total. The van der Waals surface area contributed by atoms with Gasteiger partial charge in [-0.3, -0.25) is 9.59 Å². The Bertz CT molecular complexity index is 828. The zero-order chi connectivity index (χ0) is 22.0. The molecule has 2 rings (SSSR count). The number of amides is 2. The van der Waals surface area contributed by atoms with Crippen LogP contribution in [-0.2, 0) is 9.59 Å². The molecule has 0 aliphatic heterocycles. The molecule has 2 aromatic rings. The summed E-state index contributed by atoms with van der Waals surface area (Å²) >= 11 is 0. The number of hydrazone groups is 2. The van der Waals surface area contributed by atoms with Crippen LogP contribution in [0.1, 0.15) is 43.2 Å². The lowest BCUT2D eigenvalue weighted by molar-refractivity contribution is -0.121. The van der Waals surface area contributed by atoms with E-state index >= 15 is 0 Å². The Labute approximate surface area is 183 Å². The van der Waals surface area contributed by atoms with E-state index in [-0.39, 0.29) is 11.8 Å². The molecule has 160 valence electrons. The summed E-state index contributed by atoms with van der Waals surface area (Å²) in [6.45, 7) is 0. The summed E-state index contributed by atoms with van der Waals surface area (Å²) in [7, 11) is 0. The molecule has 31 heavy (non-hydrogen) atoms. The summed E-state index contributed by atoms with van der Waals surface area (Å²) in [4.78, 5) is 23.4. The number of nitrogens with zero attached hydrogens (tertiary/aromatic N) is 2. The summed E-state index contributed by atoms with van der Waals surface area (Å²) in [5.74, 6) is -0.271. The number of benzene rings is 2. The van der Waals surface area contributed by atoms with Crippen LogP contribution in [0, 0.1) is 0 Å². The third-order valence-corrected chi connectivity index (χ3v) is 4.18. The molecule has 0 fully saturated rings. The van der Waals surface area contributed by atoms with E-state index in [1.807, 2.05) is 72.8 Å². The first kappa shape index (κ1) is 23.5. The van der Waals surface area contributed by atoms with E-state index in [1.165, 1.54) is 0 Å². The van der Waals surface area contributed by atoms with Gasteiger partial charge in [0, 0.05) is 25.3 Å². The van der Waals surface area contributed by atoms with E-state index in [9.17, 15) is 9.59 Å². The van der Waals surface area contributed by atoms with Crippen LogP contribution in [-0.4, -0.2) is 24.2 Å². The Morgan fingerprint density at radius 2 is 1.06 bits per heavy atom. The highest BCUT2D eigenvalue weighted by Crippen LogP contribution is 2.03. The van der Waals surface area contributed by atoms with Gasteiger partial charge in [-0.25, -0.2) is 10.9 Å². The Morgan fingerprint density at radius 1 is 0.645 bits per heavy atom. The molecular weight excluding hydrogens is 388 g/mol. The van der Waals surface area contributed by atoms with Crippen LogP contribution < -0.4 is 10.9 Å². The molecule has 2 aromatic carbocycles.